The maximum absolute atomic E-state index is 13.0. The summed E-state index contributed by atoms with van der Waals surface area (Å²) in [6, 6.07) is -0.697. The van der Waals surface area contributed by atoms with E-state index in [4.69, 9.17) is 5.73 Å². The van der Waals surface area contributed by atoms with Crippen LogP contribution in [0.2, 0.25) is 0 Å². The smallest absolute Gasteiger partial charge is 0.420 e. The lowest BCUT2D eigenvalue weighted by Gasteiger charge is -2.26. The first kappa shape index (κ1) is 21.0. The van der Waals surface area contributed by atoms with E-state index >= 15 is 0 Å². The Kier molecular flexibility index (Phi) is 7.81. The fraction of sp³-hybridized carbons (Fsp3) is 0.571. The average molecular weight is 337 g/mol. The van der Waals surface area contributed by atoms with Gasteiger partial charge in [-0.3, -0.25) is 9.79 Å². The van der Waals surface area contributed by atoms with Gasteiger partial charge in [-0.15, -0.1) is 0 Å². The van der Waals surface area contributed by atoms with E-state index in [0.29, 0.717) is 12.3 Å². The molecule has 0 saturated carbocycles. The highest BCUT2D eigenvalue weighted by atomic mass is 19.4. The molecule has 0 rings (SSSR count). The van der Waals surface area contributed by atoms with Gasteiger partial charge in [0.1, 0.15) is 11.3 Å². The molecule has 2 atom stereocenters. The number of carbonyl (C=O) groups is 1. The van der Waals surface area contributed by atoms with Gasteiger partial charge in [-0.1, -0.05) is 0 Å². The number of alkyl halides is 3. The predicted octanol–water partition coefficient (Wildman–Crippen LogP) is 1.57. The standard InChI is InChI=1S/C14H22F3N3O3/c1-8(19-13(22)9(2)20(4)10(3)21)6-11(14(15,16)17)12(7-18)23-5/h6-7,9,13,22H,18H2,1-5H3. The van der Waals surface area contributed by atoms with Crippen LogP contribution in [0.1, 0.15) is 20.8 Å². The van der Waals surface area contributed by atoms with Gasteiger partial charge in [0.25, 0.3) is 0 Å². The number of nitrogens with zero attached hydrogens (tertiary/aromatic N) is 2. The molecule has 0 saturated heterocycles. The Labute approximate surface area is 133 Å². The van der Waals surface area contributed by atoms with E-state index in [1.54, 1.807) is 0 Å². The summed E-state index contributed by atoms with van der Waals surface area (Å²) in [4.78, 5) is 16.2. The Morgan fingerprint density at radius 3 is 2.26 bits per heavy atom. The number of rotatable bonds is 6. The third-order valence-electron chi connectivity index (χ3n) is 3.17. The number of nitrogens with two attached hydrogens (primary N) is 1. The van der Waals surface area contributed by atoms with Crippen molar-refractivity contribution >= 4 is 11.6 Å². The largest absolute Gasteiger partial charge is 0.495 e. The molecule has 23 heavy (non-hydrogen) atoms. The predicted molar refractivity (Wildman–Crippen MR) is 80.4 cm³/mol. The lowest BCUT2D eigenvalue weighted by Crippen LogP contribution is -2.41. The van der Waals surface area contributed by atoms with Crippen LogP contribution < -0.4 is 5.73 Å². The molecule has 0 aliphatic heterocycles. The van der Waals surface area contributed by atoms with Crippen LogP contribution in [0.25, 0.3) is 0 Å². The minimum absolute atomic E-state index is 0.0926. The van der Waals surface area contributed by atoms with Crippen LogP contribution >= 0.6 is 0 Å². The number of aliphatic hydroxyl groups is 1. The zero-order chi connectivity index (χ0) is 18.4. The second-order valence-corrected chi connectivity index (χ2v) is 4.85. The topological polar surface area (TPSA) is 88.2 Å². The minimum atomic E-state index is -4.70. The highest BCUT2D eigenvalue weighted by molar-refractivity contribution is 5.94. The first-order valence-corrected chi connectivity index (χ1v) is 6.66. The van der Waals surface area contributed by atoms with Gasteiger partial charge in [-0.25, -0.2) is 0 Å². The number of carbonyl (C=O) groups excluding carboxylic acids is 1. The zero-order valence-electron chi connectivity index (χ0n) is 13.7. The van der Waals surface area contributed by atoms with Crippen molar-refractivity contribution in [1.82, 2.24) is 4.90 Å². The number of aliphatic imine (C=N–C) groups is 1. The third kappa shape index (κ3) is 6.31. The molecule has 0 bridgehead atoms. The first-order chi connectivity index (χ1) is 10.4. The molecule has 1 amide bonds. The molecule has 9 heteroatoms. The average Bonchev–Trinajstić information content (AvgIpc) is 2.44. The zero-order valence-corrected chi connectivity index (χ0v) is 13.7. The van der Waals surface area contributed by atoms with Gasteiger partial charge in [-0.2, -0.15) is 13.2 Å². The van der Waals surface area contributed by atoms with Gasteiger partial charge in [0, 0.05) is 25.9 Å². The van der Waals surface area contributed by atoms with Gasteiger partial charge in [0.15, 0.2) is 6.23 Å². The lowest BCUT2D eigenvalue weighted by atomic mass is 10.1. The van der Waals surface area contributed by atoms with Crippen LogP contribution in [-0.4, -0.2) is 54.2 Å². The summed E-state index contributed by atoms with van der Waals surface area (Å²) in [7, 11) is 2.52. The molecule has 0 spiro atoms. The van der Waals surface area contributed by atoms with E-state index in [9.17, 15) is 23.1 Å². The number of methoxy groups -OCH3 is 1. The molecule has 6 nitrogen and oxygen atoms in total. The molecule has 0 fully saturated rings. The summed E-state index contributed by atoms with van der Waals surface area (Å²) < 4.78 is 43.6. The van der Waals surface area contributed by atoms with Crippen molar-refractivity contribution in [2.45, 2.75) is 39.2 Å². The molecule has 0 aliphatic carbocycles. The Bertz CT molecular complexity index is 513. The van der Waals surface area contributed by atoms with Crippen LogP contribution in [0.3, 0.4) is 0 Å². The monoisotopic (exact) mass is 337 g/mol. The molecule has 0 radical (unpaired) electrons. The van der Waals surface area contributed by atoms with E-state index in [2.05, 4.69) is 9.73 Å². The maximum Gasteiger partial charge on any atom is 0.420 e. The van der Waals surface area contributed by atoms with Crippen LogP contribution in [0.5, 0.6) is 0 Å². The van der Waals surface area contributed by atoms with Crippen molar-refractivity contribution < 1.29 is 27.8 Å². The molecule has 0 aromatic heterocycles. The van der Waals surface area contributed by atoms with E-state index in [1.807, 2.05) is 0 Å². The summed E-state index contributed by atoms with van der Waals surface area (Å²) in [6.07, 6.45) is -4.67. The Morgan fingerprint density at radius 1 is 1.39 bits per heavy atom. The Balaban J connectivity index is 5.54. The van der Waals surface area contributed by atoms with Crippen LogP contribution in [0.15, 0.2) is 28.6 Å². The van der Waals surface area contributed by atoms with Crippen LogP contribution in [0.4, 0.5) is 13.2 Å². The quantitative estimate of drug-likeness (QED) is 0.437. The normalized spacial score (nSPS) is 16.8. The van der Waals surface area contributed by atoms with Crippen molar-refractivity contribution in [3.05, 3.63) is 23.6 Å². The summed E-state index contributed by atoms with van der Waals surface area (Å²) in [5.41, 5.74) is 3.90. The number of aliphatic hydroxyl groups excluding tert-OH is 1. The SMILES string of the molecule is COC(=CN)C(=CC(C)=NC(O)C(C)N(C)C(C)=O)C(F)(F)F. The van der Waals surface area contributed by atoms with Gasteiger partial charge < -0.3 is 20.5 Å². The van der Waals surface area contributed by atoms with Gasteiger partial charge in [0.05, 0.1) is 13.2 Å². The van der Waals surface area contributed by atoms with Gasteiger partial charge in [0.2, 0.25) is 5.91 Å². The van der Waals surface area contributed by atoms with Gasteiger partial charge in [-0.05, 0) is 19.9 Å². The number of hydrogen-bond donors (Lipinski definition) is 2. The molecule has 0 aliphatic rings. The second-order valence-electron chi connectivity index (χ2n) is 4.85. The molecule has 2 unspecified atom stereocenters. The lowest BCUT2D eigenvalue weighted by molar-refractivity contribution is -0.131. The van der Waals surface area contributed by atoms with E-state index < -0.39 is 29.8 Å². The summed E-state index contributed by atoms with van der Waals surface area (Å²) in [5.74, 6) is -0.862. The van der Waals surface area contributed by atoms with Crippen LogP contribution in [-0.2, 0) is 9.53 Å². The number of ether oxygens (including phenoxy) is 1. The van der Waals surface area contributed by atoms with Crippen molar-refractivity contribution in [2.24, 2.45) is 10.7 Å². The highest BCUT2D eigenvalue weighted by Crippen LogP contribution is 2.31. The Morgan fingerprint density at radius 2 is 1.91 bits per heavy atom. The molecule has 0 heterocycles. The third-order valence-corrected chi connectivity index (χ3v) is 3.17. The molecule has 0 aromatic rings. The number of allylic oxidation sites excluding steroid dienone is 2. The molecular weight excluding hydrogens is 315 g/mol. The number of halogens is 3. The molecule has 132 valence electrons. The first-order valence-electron chi connectivity index (χ1n) is 6.66. The summed E-state index contributed by atoms with van der Waals surface area (Å²) in [6.45, 7) is 4.12. The Hall–Kier alpha value is -2.03. The summed E-state index contributed by atoms with van der Waals surface area (Å²) in [5, 5.41) is 9.91. The van der Waals surface area contributed by atoms with E-state index in [1.165, 1.54) is 32.7 Å². The summed E-state index contributed by atoms with van der Waals surface area (Å²) >= 11 is 0. The minimum Gasteiger partial charge on any atom is -0.495 e. The van der Waals surface area contributed by atoms with Crippen molar-refractivity contribution in [3.8, 4) is 0 Å². The fourth-order valence-corrected chi connectivity index (χ4v) is 1.61. The fourth-order valence-electron chi connectivity index (χ4n) is 1.61. The van der Waals surface area contributed by atoms with Crippen molar-refractivity contribution in [1.29, 1.82) is 0 Å². The molecule has 0 aromatic carbocycles. The number of amides is 1. The molecule has 3 N–H and O–H groups in total. The second kappa shape index (κ2) is 8.56. The number of likely N-dealkylation sites (N-methyl/N-ethyl adjacent to an activating group) is 1. The van der Waals surface area contributed by atoms with Crippen molar-refractivity contribution in [3.63, 3.8) is 0 Å². The van der Waals surface area contributed by atoms with E-state index in [0.717, 1.165) is 7.11 Å². The van der Waals surface area contributed by atoms with Crippen molar-refractivity contribution in [2.75, 3.05) is 14.2 Å². The number of hydrogen-bond acceptors (Lipinski definition) is 5. The van der Waals surface area contributed by atoms with Crippen LogP contribution in [0, 0.1) is 0 Å². The maximum atomic E-state index is 13.0. The van der Waals surface area contributed by atoms with Gasteiger partial charge >= 0.3 is 6.18 Å². The molecular formula is C14H22F3N3O3. The highest BCUT2D eigenvalue weighted by Gasteiger charge is 2.37. The van der Waals surface area contributed by atoms with E-state index in [-0.39, 0.29) is 11.6 Å².